The average Bonchev–Trinajstić information content (AvgIpc) is 2.80. The van der Waals surface area contributed by atoms with E-state index in [-0.39, 0.29) is 0 Å². The van der Waals surface area contributed by atoms with E-state index in [9.17, 15) is 4.79 Å². The summed E-state index contributed by atoms with van der Waals surface area (Å²) in [7, 11) is 0. The normalized spacial score (nSPS) is 10.2. The van der Waals surface area contributed by atoms with Gasteiger partial charge in [0.2, 0.25) is 5.91 Å². The second-order valence-corrected chi connectivity index (χ2v) is 3.93. The van der Waals surface area contributed by atoms with Crippen molar-refractivity contribution in [2.24, 2.45) is 5.73 Å². The van der Waals surface area contributed by atoms with Crippen LogP contribution in [0.4, 0.5) is 0 Å². The molecule has 0 radical (unpaired) electrons. The minimum Gasteiger partial charge on any atom is -0.366 e. The lowest BCUT2D eigenvalue weighted by Crippen LogP contribution is -2.14. The summed E-state index contributed by atoms with van der Waals surface area (Å²) < 4.78 is 1.89. The maximum atomic E-state index is 11.0. The summed E-state index contributed by atoms with van der Waals surface area (Å²) >= 11 is 0. The molecular weight excluding hydrogens is 214 g/mol. The number of hydrogen-bond acceptors (Lipinski definition) is 2. The van der Waals surface area contributed by atoms with Gasteiger partial charge in [0.15, 0.2) is 0 Å². The molecule has 4 nitrogen and oxygen atoms in total. The molecule has 17 heavy (non-hydrogen) atoms. The number of benzene rings is 1. The maximum Gasteiger partial charge on any atom is 0.248 e. The molecule has 0 aliphatic carbocycles. The Labute approximate surface area is 100 Å². The van der Waals surface area contributed by atoms with E-state index in [1.165, 1.54) is 0 Å². The van der Waals surface area contributed by atoms with E-state index in [1.54, 1.807) is 6.07 Å². The molecule has 0 fully saturated rings. The van der Waals surface area contributed by atoms with Gasteiger partial charge in [-0.1, -0.05) is 6.07 Å². The van der Waals surface area contributed by atoms with Crippen LogP contribution in [-0.2, 0) is 6.54 Å². The number of hydrogen-bond donors (Lipinski definition) is 2. The van der Waals surface area contributed by atoms with Crippen LogP contribution in [0.15, 0.2) is 42.7 Å². The Kier molecular flexibility index (Phi) is 3.14. The Morgan fingerprint density at radius 2 is 2.06 bits per heavy atom. The topological polar surface area (TPSA) is 60.1 Å². The molecule has 1 heterocycles. The Morgan fingerprint density at radius 3 is 2.65 bits per heavy atom. The number of carbonyl (C=O) groups is 1. The number of nitrogens with two attached hydrogens (primary N) is 1. The van der Waals surface area contributed by atoms with Crippen molar-refractivity contribution in [3.63, 3.8) is 0 Å². The number of aryl methyl sites for hydroxylation is 1. The predicted molar refractivity (Wildman–Crippen MR) is 67.2 cm³/mol. The summed E-state index contributed by atoms with van der Waals surface area (Å²) in [5, 5.41) is 0. The van der Waals surface area contributed by atoms with Crippen molar-refractivity contribution in [3.8, 4) is 0 Å². The van der Waals surface area contributed by atoms with Crippen LogP contribution in [0.5, 0.6) is 0 Å². The molecule has 0 aliphatic heterocycles. The second kappa shape index (κ2) is 4.74. The van der Waals surface area contributed by atoms with Gasteiger partial charge >= 0.3 is 0 Å². The molecule has 0 saturated heterocycles. The maximum absolute atomic E-state index is 11.0. The van der Waals surface area contributed by atoms with Crippen LogP contribution >= 0.6 is 0 Å². The van der Waals surface area contributed by atoms with E-state index in [4.69, 9.17) is 5.73 Å². The number of rotatable bonds is 4. The van der Waals surface area contributed by atoms with E-state index < -0.39 is 5.91 Å². The van der Waals surface area contributed by atoms with E-state index in [0.717, 1.165) is 11.1 Å². The molecule has 4 heteroatoms. The van der Waals surface area contributed by atoms with E-state index in [1.807, 2.05) is 48.3 Å². The van der Waals surface area contributed by atoms with Crippen molar-refractivity contribution < 1.29 is 4.79 Å². The zero-order valence-corrected chi connectivity index (χ0v) is 9.68. The summed E-state index contributed by atoms with van der Waals surface area (Å²) in [4.78, 5) is 11.0. The first-order valence-corrected chi connectivity index (χ1v) is 5.43. The van der Waals surface area contributed by atoms with Gasteiger partial charge in [-0.3, -0.25) is 9.47 Å². The number of primary amides is 1. The number of nitrogens with one attached hydrogen (secondary N) is 1. The first-order valence-electron chi connectivity index (χ1n) is 5.43. The highest BCUT2D eigenvalue weighted by Gasteiger charge is 2.03. The molecule has 3 N–H and O–H groups in total. The molecular formula is C13H15N3O. The van der Waals surface area contributed by atoms with Gasteiger partial charge in [-0.05, 0) is 42.3 Å². The van der Waals surface area contributed by atoms with Gasteiger partial charge in [0.05, 0.1) is 6.54 Å². The number of carbonyl (C=O) groups excluding carboxylic acids is 1. The van der Waals surface area contributed by atoms with Gasteiger partial charge < -0.3 is 11.2 Å². The Balaban J connectivity index is 2.09. The molecule has 0 bridgehead atoms. The highest BCUT2D eigenvalue weighted by molar-refractivity contribution is 5.93. The van der Waals surface area contributed by atoms with Gasteiger partial charge in [-0.25, -0.2) is 0 Å². The SMILES string of the molecule is Cc1cc(C(N)=O)ccc1CNn1cccc1. The third kappa shape index (κ3) is 2.66. The highest BCUT2D eigenvalue weighted by Crippen LogP contribution is 2.11. The third-order valence-electron chi connectivity index (χ3n) is 2.68. The molecule has 0 atom stereocenters. The van der Waals surface area contributed by atoms with Crippen LogP contribution in [-0.4, -0.2) is 10.6 Å². The van der Waals surface area contributed by atoms with Crippen molar-refractivity contribution in [1.82, 2.24) is 4.68 Å². The summed E-state index contributed by atoms with van der Waals surface area (Å²) in [6, 6.07) is 9.40. The van der Waals surface area contributed by atoms with E-state index >= 15 is 0 Å². The molecule has 0 spiro atoms. The molecule has 0 saturated carbocycles. The van der Waals surface area contributed by atoms with Crippen molar-refractivity contribution in [3.05, 3.63) is 59.4 Å². The van der Waals surface area contributed by atoms with Crippen molar-refractivity contribution in [1.29, 1.82) is 0 Å². The predicted octanol–water partition coefficient (Wildman–Crippen LogP) is 1.64. The van der Waals surface area contributed by atoms with Crippen molar-refractivity contribution in [2.45, 2.75) is 13.5 Å². The minimum atomic E-state index is -0.391. The number of aromatic nitrogens is 1. The lowest BCUT2D eigenvalue weighted by molar-refractivity contribution is 0.1000. The minimum absolute atomic E-state index is 0.391. The van der Waals surface area contributed by atoms with Crippen LogP contribution in [0.2, 0.25) is 0 Å². The van der Waals surface area contributed by atoms with Crippen molar-refractivity contribution >= 4 is 5.91 Å². The number of nitrogens with zero attached hydrogens (tertiary/aromatic N) is 1. The fourth-order valence-electron chi connectivity index (χ4n) is 1.66. The highest BCUT2D eigenvalue weighted by atomic mass is 16.1. The Bertz CT molecular complexity index is 517. The van der Waals surface area contributed by atoms with E-state index in [0.29, 0.717) is 12.1 Å². The fourth-order valence-corrected chi connectivity index (χ4v) is 1.66. The zero-order valence-electron chi connectivity index (χ0n) is 9.68. The van der Waals surface area contributed by atoms with Crippen LogP contribution in [0.25, 0.3) is 0 Å². The molecule has 1 aromatic carbocycles. The monoisotopic (exact) mass is 229 g/mol. The Morgan fingerprint density at radius 1 is 1.35 bits per heavy atom. The number of amides is 1. The molecule has 0 aliphatic rings. The van der Waals surface area contributed by atoms with Crippen LogP contribution in [0, 0.1) is 6.92 Å². The molecule has 0 unspecified atom stereocenters. The van der Waals surface area contributed by atoms with Gasteiger partial charge in [0.1, 0.15) is 0 Å². The Hall–Kier alpha value is -2.23. The first-order chi connectivity index (χ1) is 8.16. The van der Waals surface area contributed by atoms with Crippen LogP contribution in [0.3, 0.4) is 0 Å². The molecule has 2 rings (SSSR count). The molecule has 1 aromatic heterocycles. The molecule has 88 valence electrons. The molecule has 2 aromatic rings. The van der Waals surface area contributed by atoms with Gasteiger partial charge in [0.25, 0.3) is 0 Å². The first kappa shape index (κ1) is 11.3. The average molecular weight is 229 g/mol. The summed E-state index contributed by atoms with van der Waals surface area (Å²) in [5.74, 6) is -0.391. The van der Waals surface area contributed by atoms with Gasteiger partial charge in [-0.2, -0.15) is 0 Å². The standard InChI is InChI=1S/C13H15N3O/c1-10-8-11(13(14)17)4-5-12(10)9-15-16-6-2-3-7-16/h2-8,15H,9H2,1H3,(H2,14,17). The van der Waals surface area contributed by atoms with Gasteiger partial charge in [-0.15, -0.1) is 0 Å². The third-order valence-corrected chi connectivity index (χ3v) is 2.68. The summed E-state index contributed by atoms with van der Waals surface area (Å²) in [6.45, 7) is 2.68. The van der Waals surface area contributed by atoms with Crippen LogP contribution < -0.4 is 11.2 Å². The largest absolute Gasteiger partial charge is 0.366 e. The molecule has 1 amide bonds. The van der Waals surface area contributed by atoms with Crippen LogP contribution in [0.1, 0.15) is 21.5 Å². The lowest BCUT2D eigenvalue weighted by atomic mass is 10.1. The van der Waals surface area contributed by atoms with E-state index in [2.05, 4.69) is 5.43 Å². The lowest BCUT2D eigenvalue weighted by Gasteiger charge is -2.10. The second-order valence-electron chi connectivity index (χ2n) is 3.93. The quantitative estimate of drug-likeness (QED) is 0.837. The zero-order chi connectivity index (χ0) is 12.3. The fraction of sp³-hybridized carbons (Fsp3) is 0.154. The van der Waals surface area contributed by atoms with Crippen molar-refractivity contribution in [2.75, 3.05) is 5.43 Å². The smallest absolute Gasteiger partial charge is 0.248 e. The summed E-state index contributed by atoms with van der Waals surface area (Å²) in [5.41, 5.74) is 11.2. The summed E-state index contributed by atoms with van der Waals surface area (Å²) in [6.07, 6.45) is 3.88. The van der Waals surface area contributed by atoms with Gasteiger partial charge in [0, 0.05) is 18.0 Å².